The molecule has 0 spiro atoms. The molecule has 0 aliphatic heterocycles. The molecule has 2 N–H and O–H groups in total. The molecule has 3 rings (SSSR count). The zero-order chi connectivity index (χ0) is 18.4. The molecule has 1 amide bonds. The van der Waals surface area contributed by atoms with E-state index in [0.29, 0.717) is 17.3 Å². The number of rotatable bonds is 7. The summed E-state index contributed by atoms with van der Waals surface area (Å²) in [4.78, 5) is 12.3. The first-order valence-corrected chi connectivity index (χ1v) is 8.83. The van der Waals surface area contributed by atoms with Gasteiger partial charge in [0.25, 0.3) is 0 Å². The number of benzene rings is 2. The fraction of sp³-hybridized carbons (Fsp3) is 0.200. The second kappa shape index (κ2) is 8.65. The Morgan fingerprint density at radius 1 is 1.15 bits per heavy atom. The highest BCUT2D eigenvalue weighted by Gasteiger charge is 2.13. The van der Waals surface area contributed by atoms with Crippen molar-refractivity contribution in [1.29, 1.82) is 0 Å². The molecule has 0 saturated carbocycles. The number of halogens is 1. The van der Waals surface area contributed by atoms with E-state index in [1.54, 1.807) is 18.3 Å². The lowest BCUT2D eigenvalue weighted by Crippen LogP contribution is -2.37. The summed E-state index contributed by atoms with van der Waals surface area (Å²) in [5, 5.41) is 10.8. The van der Waals surface area contributed by atoms with Crippen molar-refractivity contribution < 1.29 is 4.79 Å². The van der Waals surface area contributed by atoms with Gasteiger partial charge in [0.1, 0.15) is 0 Å². The normalized spacial score (nSPS) is 11.9. The molecule has 0 saturated heterocycles. The maximum absolute atomic E-state index is 12.3. The van der Waals surface area contributed by atoms with E-state index in [0.717, 1.165) is 12.1 Å². The number of carbonyl (C=O) groups is 1. The smallest absolute Gasteiger partial charge is 0.241 e. The van der Waals surface area contributed by atoms with Gasteiger partial charge in [0.2, 0.25) is 5.91 Å². The van der Waals surface area contributed by atoms with E-state index in [-0.39, 0.29) is 11.9 Å². The molecule has 6 heteroatoms. The second-order valence-electron chi connectivity index (χ2n) is 6.10. The molecule has 0 aliphatic rings. The number of aromatic nitrogens is 2. The van der Waals surface area contributed by atoms with Crippen LogP contribution < -0.4 is 10.6 Å². The Bertz CT molecular complexity index is 864. The van der Waals surface area contributed by atoms with Gasteiger partial charge in [-0.1, -0.05) is 48.0 Å². The monoisotopic (exact) mass is 368 g/mol. The maximum Gasteiger partial charge on any atom is 0.241 e. The van der Waals surface area contributed by atoms with Crippen molar-refractivity contribution >= 4 is 23.2 Å². The number of amides is 1. The molecule has 1 heterocycles. The Morgan fingerprint density at radius 2 is 1.96 bits per heavy atom. The molecule has 134 valence electrons. The molecule has 0 radical (unpaired) electrons. The lowest BCUT2D eigenvalue weighted by atomic mass is 10.1. The summed E-state index contributed by atoms with van der Waals surface area (Å²) in [7, 11) is 0. The highest BCUT2D eigenvalue weighted by molar-refractivity contribution is 6.33. The van der Waals surface area contributed by atoms with E-state index in [2.05, 4.69) is 27.9 Å². The van der Waals surface area contributed by atoms with Crippen LogP contribution in [0.4, 0.5) is 5.69 Å². The summed E-state index contributed by atoms with van der Waals surface area (Å²) < 4.78 is 1.88. The third-order valence-corrected chi connectivity index (χ3v) is 4.36. The minimum absolute atomic E-state index is 0.120. The summed E-state index contributed by atoms with van der Waals surface area (Å²) in [5.74, 6) is -0.120. The Labute approximate surface area is 158 Å². The van der Waals surface area contributed by atoms with E-state index < -0.39 is 0 Å². The van der Waals surface area contributed by atoms with E-state index in [1.165, 1.54) is 5.56 Å². The Kier molecular flexibility index (Phi) is 6.04. The van der Waals surface area contributed by atoms with Gasteiger partial charge in [-0.25, -0.2) is 0 Å². The van der Waals surface area contributed by atoms with Gasteiger partial charge in [0.15, 0.2) is 0 Å². The van der Waals surface area contributed by atoms with Crippen LogP contribution in [0.3, 0.4) is 0 Å². The number of para-hydroxylation sites is 1. The fourth-order valence-corrected chi connectivity index (χ4v) is 2.77. The molecule has 1 atom stereocenters. The Balaban J connectivity index is 1.54. The minimum atomic E-state index is -0.346. The van der Waals surface area contributed by atoms with Crippen molar-refractivity contribution in [2.45, 2.75) is 26.1 Å². The number of nitrogens with one attached hydrogen (secondary N) is 2. The zero-order valence-corrected chi connectivity index (χ0v) is 15.3. The average molecular weight is 369 g/mol. The molecule has 1 aromatic heterocycles. The Morgan fingerprint density at radius 3 is 2.73 bits per heavy atom. The number of hydrogen-bond acceptors (Lipinski definition) is 3. The van der Waals surface area contributed by atoms with Gasteiger partial charge < -0.3 is 10.6 Å². The van der Waals surface area contributed by atoms with Crippen LogP contribution in [0.5, 0.6) is 0 Å². The molecule has 2 aromatic carbocycles. The molecule has 3 aromatic rings. The maximum atomic E-state index is 12.3. The summed E-state index contributed by atoms with van der Waals surface area (Å²) in [6.45, 7) is 3.16. The molecule has 0 fully saturated rings. The van der Waals surface area contributed by atoms with Crippen LogP contribution in [-0.4, -0.2) is 21.7 Å². The minimum Gasteiger partial charge on any atom is -0.323 e. The van der Waals surface area contributed by atoms with Crippen molar-refractivity contribution in [3.8, 4) is 0 Å². The predicted octanol–water partition coefficient (Wildman–Crippen LogP) is 3.70. The van der Waals surface area contributed by atoms with Crippen LogP contribution in [0.1, 0.15) is 18.1 Å². The van der Waals surface area contributed by atoms with Gasteiger partial charge in [0.05, 0.1) is 23.3 Å². The number of anilines is 1. The molecule has 0 aliphatic carbocycles. The standard InChI is InChI=1S/C20H21ClN4O/c1-15(20(26)24-19-9-3-2-8-18(19)21)22-13-16-6-4-7-17(12-16)14-25-11-5-10-23-25/h2-12,15,22H,13-14H2,1H3,(H,24,26)/t15-/m1/s1. The van der Waals surface area contributed by atoms with Gasteiger partial charge in [0, 0.05) is 18.9 Å². The van der Waals surface area contributed by atoms with Crippen molar-refractivity contribution in [2.75, 3.05) is 5.32 Å². The Hall–Kier alpha value is -2.63. The van der Waals surface area contributed by atoms with Crippen LogP contribution in [0.15, 0.2) is 67.0 Å². The van der Waals surface area contributed by atoms with Gasteiger partial charge in [-0.15, -0.1) is 0 Å². The lowest BCUT2D eigenvalue weighted by molar-refractivity contribution is -0.117. The summed E-state index contributed by atoms with van der Waals surface area (Å²) in [5.41, 5.74) is 2.90. The molecular weight excluding hydrogens is 348 g/mol. The van der Waals surface area contributed by atoms with E-state index in [4.69, 9.17) is 11.6 Å². The van der Waals surface area contributed by atoms with Crippen molar-refractivity contribution in [1.82, 2.24) is 15.1 Å². The molecular formula is C20H21ClN4O. The highest BCUT2D eigenvalue weighted by Crippen LogP contribution is 2.20. The topological polar surface area (TPSA) is 59.0 Å². The van der Waals surface area contributed by atoms with Crippen molar-refractivity contribution in [2.24, 2.45) is 0 Å². The summed E-state index contributed by atoms with van der Waals surface area (Å²) >= 11 is 6.08. The summed E-state index contributed by atoms with van der Waals surface area (Å²) in [6.07, 6.45) is 3.71. The van der Waals surface area contributed by atoms with Crippen LogP contribution in [0.25, 0.3) is 0 Å². The van der Waals surface area contributed by atoms with Crippen molar-refractivity contribution in [3.05, 3.63) is 83.1 Å². The second-order valence-corrected chi connectivity index (χ2v) is 6.50. The molecule has 26 heavy (non-hydrogen) atoms. The van der Waals surface area contributed by atoms with Gasteiger partial charge >= 0.3 is 0 Å². The SMILES string of the molecule is C[C@@H](NCc1cccc(Cn2cccn2)c1)C(=O)Nc1ccccc1Cl. The average Bonchev–Trinajstić information content (AvgIpc) is 3.15. The first-order chi connectivity index (χ1) is 12.6. The molecule has 0 bridgehead atoms. The lowest BCUT2D eigenvalue weighted by Gasteiger charge is -2.15. The largest absolute Gasteiger partial charge is 0.323 e. The number of nitrogens with zero attached hydrogens (tertiary/aromatic N) is 2. The molecule has 0 unspecified atom stereocenters. The van der Waals surface area contributed by atoms with Crippen LogP contribution in [0.2, 0.25) is 5.02 Å². The number of hydrogen-bond donors (Lipinski definition) is 2. The van der Waals surface area contributed by atoms with Gasteiger partial charge in [-0.3, -0.25) is 9.48 Å². The van der Waals surface area contributed by atoms with E-state index in [9.17, 15) is 4.79 Å². The first-order valence-electron chi connectivity index (χ1n) is 8.46. The van der Waals surface area contributed by atoms with Crippen LogP contribution in [-0.2, 0) is 17.9 Å². The third-order valence-electron chi connectivity index (χ3n) is 4.03. The fourth-order valence-electron chi connectivity index (χ4n) is 2.59. The van der Waals surface area contributed by atoms with E-state index >= 15 is 0 Å². The van der Waals surface area contributed by atoms with E-state index in [1.807, 2.05) is 48.1 Å². The summed E-state index contributed by atoms with van der Waals surface area (Å²) in [6, 6.07) is 17.0. The highest BCUT2D eigenvalue weighted by atomic mass is 35.5. The predicted molar refractivity (Wildman–Crippen MR) is 104 cm³/mol. The third kappa shape index (κ3) is 4.94. The van der Waals surface area contributed by atoms with Gasteiger partial charge in [-0.05, 0) is 36.2 Å². The van der Waals surface area contributed by atoms with Crippen LogP contribution >= 0.6 is 11.6 Å². The molecule has 5 nitrogen and oxygen atoms in total. The van der Waals surface area contributed by atoms with Gasteiger partial charge in [-0.2, -0.15) is 5.10 Å². The quantitative estimate of drug-likeness (QED) is 0.668. The zero-order valence-electron chi connectivity index (χ0n) is 14.5. The number of carbonyl (C=O) groups excluding carboxylic acids is 1. The van der Waals surface area contributed by atoms with Crippen LogP contribution in [0, 0.1) is 0 Å². The first kappa shape index (κ1) is 18.2. The van der Waals surface area contributed by atoms with Crippen molar-refractivity contribution in [3.63, 3.8) is 0 Å².